The number of amides is 1. The van der Waals surface area contributed by atoms with Crippen molar-refractivity contribution in [2.24, 2.45) is 0 Å². The molecule has 1 rings (SSSR count). The fourth-order valence-corrected chi connectivity index (χ4v) is 2.37. The number of ether oxygens (including phenoxy) is 1. The average molecular weight is 362 g/mol. The van der Waals surface area contributed by atoms with Gasteiger partial charge in [-0.3, -0.25) is 9.69 Å². The molecule has 9 heteroatoms. The number of hydrogen-bond acceptors (Lipinski definition) is 4. The largest absolute Gasteiger partial charge is 0.411 e. The SMILES string of the molecule is CNCCCC(=O)N1CCN(CCCOCC(F)(F)F)CC1.Cl. The summed E-state index contributed by atoms with van der Waals surface area (Å²) in [6.07, 6.45) is -2.27. The van der Waals surface area contributed by atoms with Gasteiger partial charge in [-0.15, -0.1) is 12.4 Å². The van der Waals surface area contributed by atoms with Crippen LogP contribution in [0.2, 0.25) is 0 Å². The maximum atomic E-state index is 11.9. The van der Waals surface area contributed by atoms with E-state index in [4.69, 9.17) is 0 Å². The fourth-order valence-electron chi connectivity index (χ4n) is 2.37. The smallest absolute Gasteiger partial charge is 0.372 e. The second kappa shape index (κ2) is 11.9. The van der Waals surface area contributed by atoms with Gasteiger partial charge >= 0.3 is 6.18 Å². The van der Waals surface area contributed by atoms with Crippen LogP contribution in [0.5, 0.6) is 0 Å². The van der Waals surface area contributed by atoms with Gasteiger partial charge in [-0.1, -0.05) is 0 Å². The lowest BCUT2D eigenvalue weighted by Crippen LogP contribution is -2.49. The number of hydrogen-bond donors (Lipinski definition) is 1. The molecule has 0 aromatic carbocycles. The molecule has 0 aromatic rings. The molecule has 0 atom stereocenters. The normalized spacial score (nSPS) is 16.3. The van der Waals surface area contributed by atoms with Gasteiger partial charge in [-0.05, 0) is 26.4 Å². The number of rotatable bonds is 9. The summed E-state index contributed by atoms with van der Waals surface area (Å²) in [6.45, 7) is 3.42. The van der Waals surface area contributed by atoms with Crippen molar-refractivity contribution >= 4 is 18.3 Å². The molecule has 1 N–H and O–H groups in total. The van der Waals surface area contributed by atoms with Crippen LogP contribution in [0.4, 0.5) is 13.2 Å². The van der Waals surface area contributed by atoms with E-state index in [0.29, 0.717) is 32.5 Å². The lowest BCUT2D eigenvalue weighted by atomic mass is 10.2. The zero-order valence-electron chi connectivity index (χ0n) is 13.5. The number of carbonyl (C=O) groups excluding carboxylic acids is 1. The highest BCUT2D eigenvalue weighted by atomic mass is 35.5. The Balaban J connectivity index is 0.00000484. The maximum absolute atomic E-state index is 11.9. The number of piperazine rings is 1. The molecule has 5 nitrogen and oxygen atoms in total. The number of nitrogens with zero attached hydrogens (tertiary/aromatic N) is 2. The minimum Gasteiger partial charge on any atom is -0.372 e. The third-order valence-corrected chi connectivity index (χ3v) is 3.57. The first-order valence-corrected chi connectivity index (χ1v) is 7.71. The van der Waals surface area contributed by atoms with Crippen molar-refractivity contribution in [1.82, 2.24) is 15.1 Å². The lowest BCUT2D eigenvalue weighted by Gasteiger charge is -2.34. The summed E-state index contributed by atoms with van der Waals surface area (Å²) in [5.74, 6) is 0.184. The van der Waals surface area contributed by atoms with Gasteiger partial charge in [0, 0.05) is 45.8 Å². The summed E-state index contributed by atoms with van der Waals surface area (Å²) in [6, 6.07) is 0. The third kappa shape index (κ3) is 10.8. The van der Waals surface area contributed by atoms with E-state index in [1.807, 2.05) is 11.9 Å². The molecular weight excluding hydrogens is 335 g/mol. The molecule has 0 aromatic heterocycles. The van der Waals surface area contributed by atoms with Gasteiger partial charge in [0.25, 0.3) is 0 Å². The van der Waals surface area contributed by atoms with E-state index in [1.165, 1.54) is 0 Å². The number of alkyl halides is 3. The summed E-state index contributed by atoms with van der Waals surface area (Å²) < 4.78 is 40.3. The van der Waals surface area contributed by atoms with E-state index in [0.717, 1.165) is 26.1 Å². The summed E-state index contributed by atoms with van der Waals surface area (Å²) in [5.41, 5.74) is 0. The van der Waals surface area contributed by atoms with E-state index < -0.39 is 12.8 Å². The van der Waals surface area contributed by atoms with E-state index in [9.17, 15) is 18.0 Å². The average Bonchev–Trinajstić information content (AvgIpc) is 2.46. The van der Waals surface area contributed by atoms with Crippen LogP contribution in [0.15, 0.2) is 0 Å². The standard InChI is InChI=1S/C14H26F3N3O2.ClH/c1-18-5-2-4-13(21)20-9-7-19(8-10-20)6-3-11-22-12-14(15,16)17;/h18H,2-12H2,1H3;1H. The summed E-state index contributed by atoms with van der Waals surface area (Å²) in [5, 5.41) is 3.01. The molecule has 0 saturated carbocycles. The molecule has 1 fully saturated rings. The Labute approximate surface area is 141 Å². The van der Waals surface area contributed by atoms with Gasteiger partial charge in [0.2, 0.25) is 5.91 Å². The molecule has 1 aliphatic rings. The van der Waals surface area contributed by atoms with Crippen LogP contribution in [0.3, 0.4) is 0 Å². The highest BCUT2D eigenvalue weighted by Gasteiger charge is 2.27. The highest BCUT2D eigenvalue weighted by Crippen LogP contribution is 2.14. The molecule has 1 heterocycles. The van der Waals surface area contributed by atoms with Gasteiger partial charge in [-0.25, -0.2) is 0 Å². The van der Waals surface area contributed by atoms with Crippen molar-refractivity contribution in [3.63, 3.8) is 0 Å². The minimum absolute atomic E-state index is 0. The Morgan fingerprint density at radius 3 is 2.39 bits per heavy atom. The first-order chi connectivity index (χ1) is 10.4. The van der Waals surface area contributed by atoms with Gasteiger partial charge in [0.1, 0.15) is 6.61 Å². The van der Waals surface area contributed by atoms with Crippen molar-refractivity contribution in [3.8, 4) is 0 Å². The zero-order valence-corrected chi connectivity index (χ0v) is 14.3. The Kier molecular flexibility index (Phi) is 11.6. The van der Waals surface area contributed by atoms with Crippen LogP contribution in [-0.4, -0.2) is 81.4 Å². The van der Waals surface area contributed by atoms with Gasteiger partial charge < -0.3 is 15.0 Å². The predicted octanol–water partition coefficient (Wildman–Crippen LogP) is 1.52. The Morgan fingerprint density at radius 2 is 1.83 bits per heavy atom. The summed E-state index contributed by atoms with van der Waals surface area (Å²) in [4.78, 5) is 16.0. The second-order valence-corrected chi connectivity index (χ2v) is 5.45. The van der Waals surface area contributed by atoms with Crippen LogP contribution >= 0.6 is 12.4 Å². The molecule has 0 spiro atoms. The molecule has 1 saturated heterocycles. The summed E-state index contributed by atoms with van der Waals surface area (Å²) >= 11 is 0. The molecule has 1 aliphatic heterocycles. The Bertz CT molecular complexity index is 325. The van der Waals surface area contributed by atoms with Crippen molar-refractivity contribution in [3.05, 3.63) is 0 Å². The van der Waals surface area contributed by atoms with Crippen molar-refractivity contribution in [2.45, 2.75) is 25.4 Å². The minimum atomic E-state index is -4.25. The quantitative estimate of drug-likeness (QED) is 0.632. The van der Waals surface area contributed by atoms with Crippen molar-refractivity contribution < 1.29 is 22.7 Å². The molecule has 0 aliphatic carbocycles. The molecule has 0 radical (unpaired) electrons. The molecule has 1 amide bonds. The molecule has 0 bridgehead atoms. The van der Waals surface area contributed by atoms with E-state index >= 15 is 0 Å². The third-order valence-electron chi connectivity index (χ3n) is 3.57. The highest BCUT2D eigenvalue weighted by molar-refractivity contribution is 5.85. The van der Waals surface area contributed by atoms with E-state index in [-0.39, 0.29) is 24.9 Å². The van der Waals surface area contributed by atoms with Crippen LogP contribution in [-0.2, 0) is 9.53 Å². The van der Waals surface area contributed by atoms with E-state index in [2.05, 4.69) is 15.0 Å². The first-order valence-electron chi connectivity index (χ1n) is 7.71. The lowest BCUT2D eigenvalue weighted by molar-refractivity contribution is -0.174. The van der Waals surface area contributed by atoms with Crippen LogP contribution in [0, 0.1) is 0 Å². The Hall–Kier alpha value is -0.570. The summed E-state index contributed by atoms with van der Waals surface area (Å²) in [7, 11) is 1.86. The van der Waals surface area contributed by atoms with Crippen molar-refractivity contribution in [2.75, 3.05) is 59.5 Å². The van der Waals surface area contributed by atoms with Gasteiger partial charge in [-0.2, -0.15) is 13.2 Å². The van der Waals surface area contributed by atoms with Crippen LogP contribution in [0.25, 0.3) is 0 Å². The number of nitrogens with one attached hydrogen (secondary N) is 1. The Morgan fingerprint density at radius 1 is 1.17 bits per heavy atom. The fraction of sp³-hybridized carbons (Fsp3) is 0.929. The molecular formula is C14H27ClF3N3O2. The van der Waals surface area contributed by atoms with Crippen LogP contribution < -0.4 is 5.32 Å². The topological polar surface area (TPSA) is 44.8 Å². The predicted molar refractivity (Wildman–Crippen MR) is 84.9 cm³/mol. The van der Waals surface area contributed by atoms with Crippen LogP contribution in [0.1, 0.15) is 19.3 Å². The number of carbonyl (C=O) groups is 1. The van der Waals surface area contributed by atoms with Crippen molar-refractivity contribution in [1.29, 1.82) is 0 Å². The zero-order chi connectivity index (χ0) is 16.4. The first kappa shape index (κ1) is 22.4. The van der Waals surface area contributed by atoms with Gasteiger partial charge in [0.05, 0.1) is 0 Å². The molecule has 138 valence electrons. The van der Waals surface area contributed by atoms with E-state index in [1.54, 1.807) is 0 Å². The number of halogens is 4. The van der Waals surface area contributed by atoms with Gasteiger partial charge in [0.15, 0.2) is 0 Å². The monoisotopic (exact) mass is 361 g/mol. The second-order valence-electron chi connectivity index (χ2n) is 5.45. The maximum Gasteiger partial charge on any atom is 0.411 e. The molecule has 0 unspecified atom stereocenters. The molecule has 23 heavy (non-hydrogen) atoms.